The van der Waals surface area contributed by atoms with Gasteiger partial charge in [0, 0.05) is 12.0 Å². The summed E-state index contributed by atoms with van der Waals surface area (Å²) in [7, 11) is 1.54. The lowest BCUT2D eigenvalue weighted by Crippen LogP contribution is -2.11. The van der Waals surface area contributed by atoms with E-state index in [1.54, 1.807) is 31.4 Å². The Hall–Kier alpha value is -1.53. The molecule has 0 amide bonds. The van der Waals surface area contributed by atoms with E-state index in [4.69, 9.17) is 14.6 Å². The molecule has 0 unspecified atom stereocenters. The first-order valence-electron chi connectivity index (χ1n) is 5.70. The number of thioether (sulfide) groups is 1. The van der Waals surface area contributed by atoms with Crippen molar-refractivity contribution in [3.8, 4) is 0 Å². The Morgan fingerprint density at radius 1 is 1.21 bits per heavy atom. The summed E-state index contributed by atoms with van der Waals surface area (Å²) in [5.41, 5.74) is 0.736. The molecule has 1 N–H and O–H groups in total. The summed E-state index contributed by atoms with van der Waals surface area (Å²) >= 11 is 1.35. The van der Waals surface area contributed by atoms with Gasteiger partial charge in [-0.2, -0.15) is 0 Å². The quantitative estimate of drug-likeness (QED) is 0.444. The highest BCUT2D eigenvalue weighted by molar-refractivity contribution is 8.00. The Bertz CT molecular complexity index is 416. The zero-order valence-electron chi connectivity index (χ0n) is 10.6. The van der Waals surface area contributed by atoms with E-state index in [0.717, 1.165) is 10.5 Å². The fraction of sp³-hybridized carbons (Fsp3) is 0.385. The molecule has 0 aliphatic rings. The lowest BCUT2D eigenvalue weighted by molar-refractivity contribution is -0.141. The number of carbonyl (C=O) groups excluding carboxylic acids is 1. The van der Waals surface area contributed by atoms with Crippen LogP contribution in [0.1, 0.15) is 5.56 Å². The summed E-state index contributed by atoms with van der Waals surface area (Å²) in [4.78, 5) is 22.7. The van der Waals surface area contributed by atoms with Gasteiger partial charge in [0.25, 0.3) is 0 Å². The minimum Gasteiger partial charge on any atom is -0.481 e. The topological polar surface area (TPSA) is 72.8 Å². The van der Waals surface area contributed by atoms with Crippen molar-refractivity contribution in [1.82, 2.24) is 0 Å². The minimum absolute atomic E-state index is 0.00397. The Labute approximate surface area is 115 Å². The molecule has 0 spiro atoms. The van der Waals surface area contributed by atoms with Crippen LogP contribution in [0.2, 0.25) is 0 Å². The molecule has 5 nitrogen and oxygen atoms in total. The Kier molecular flexibility index (Phi) is 6.99. The molecule has 0 aliphatic carbocycles. The van der Waals surface area contributed by atoms with E-state index in [1.165, 1.54) is 11.8 Å². The average Bonchev–Trinajstić information content (AvgIpc) is 2.37. The molecule has 0 aliphatic heterocycles. The molecule has 1 aromatic rings. The number of hydrogen-bond acceptors (Lipinski definition) is 5. The monoisotopic (exact) mass is 284 g/mol. The summed E-state index contributed by atoms with van der Waals surface area (Å²) in [6, 6.07) is 7.08. The smallest absolute Gasteiger partial charge is 0.316 e. The molecule has 0 saturated heterocycles. The number of carboxylic acids is 1. The molecule has 0 atom stereocenters. The Morgan fingerprint density at radius 3 is 2.47 bits per heavy atom. The molecule has 0 radical (unpaired) electrons. The van der Waals surface area contributed by atoms with Crippen LogP contribution >= 0.6 is 11.8 Å². The van der Waals surface area contributed by atoms with Crippen LogP contribution in [0.25, 0.3) is 0 Å². The SMILES string of the molecule is COCCOC(=O)CSc1ccc(CC(=O)O)cc1. The number of methoxy groups -OCH3 is 1. The minimum atomic E-state index is -0.859. The van der Waals surface area contributed by atoms with Crippen LogP contribution in [0.15, 0.2) is 29.2 Å². The normalized spacial score (nSPS) is 10.2. The molecule has 1 aromatic carbocycles. The van der Waals surface area contributed by atoms with Gasteiger partial charge in [-0.05, 0) is 17.7 Å². The van der Waals surface area contributed by atoms with E-state index in [9.17, 15) is 9.59 Å². The molecule has 0 bridgehead atoms. The Morgan fingerprint density at radius 2 is 1.89 bits per heavy atom. The van der Waals surface area contributed by atoms with Crippen LogP contribution < -0.4 is 0 Å². The van der Waals surface area contributed by atoms with E-state index in [1.807, 2.05) is 0 Å². The fourth-order valence-corrected chi connectivity index (χ4v) is 2.00. The fourth-order valence-electron chi connectivity index (χ4n) is 1.30. The molecule has 104 valence electrons. The van der Waals surface area contributed by atoms with Crippen LogP contribution in [0.3, 0.4) is 0 Å². The lowest BCUT2D eigenvalue weighted by atomic mass is 10.2. The van der Waals surface area contributed by atoms with Gasteiger partial charge in [0.2, 0.25) is 0 Å². The predicted molar refractivity (Wildman–Crippen MR) is 71.3 cm³/mol. The number of rotatable bonds is 8. The highest BCUT2D eigenvalue weighted by Crippen LogP contribution is 2.18. The van der Waals surface area contributed by atoms with Crippen LogP contribution in [0, 0.1) is 0 Å². The van der Waals surface area contributed by atoms with Gasteiger partial charge in [-0.25, -0.2) is 0 Å². The van der Waals surface area contributed by atoms with Crippen molar-refractivity contribution in [2.45, 2.75) is 11.3 Å². The van der Waals surface area contributed by atoms with Gasteiger partial charge >= 0.3 is 11.9 Å². The van der Waals surface area contributed by atoms with Crippen LogP contribution in [0.5, 0.6) is 0 Å². The molecule has 0 saturated carbocycles. The number of ether oxygens (including phenoxy) is 2. The van der Waals surface area contributed by atoms with E-state index >= 15 is 0 Å². The van der Waals surface area contributed by atoms with Crippen molar-refractivity contribution in [2.75, 3.05) is 26.1 Å². The summed E-state index contributed by atoms with van der Waals surface area (Å²) in [5.74, 6) is -0.930. The summed E-state index contributed by atoms with van der Waals surface area (Å²) in [5, 5.41) is 8.64. The highest BCUT2D eigenvalue weighted by Gasteiger charge is 2.05. The van der Waals surface area contributed by atoms with Gasteiger partial charge < -0.3 is 14.6 Å². The second-order valence-corrected chi connectivity index (χ2v) is 4.77. The van der Waals surface area contributed by atoms with Crippen molar-refractivity contribution < 1.29 is 24.2 Å². The maximum absolute atomic E-state index is 11.3. The van der Waals surface area contributed by atoms with Gasteiger partial charge in [-0.1, -0.05) is 12.1 Å². The second-order valence-electron chi connectivity index (χ2n) is 3.72. The van der Waals surface area contributed by atoms with E-state index in [2.05, 4.69) is 0 Å². The number of aliphatic carboxylic acids is 1. The third-order valence-corrected chi connectivity index (χ3v) is 3.17. The zero-order valence-corrected chi connectivity index (χ0v) is 11.4. The summed E-state index contributed by atoms with van der Waals surface area (Å²) in [6.07, 6.45) is 0.00397. The number of benzene rings is 1. The molecule has 19 heavy (non-hydrogen) atoms. The average molecular weight is 284 g/mol. The standard InChI is InChI=1S/C13H16O5S/c1-17-6-7-18-13(16)9-19-11-4-2-10(3-5-11)8-12(14)15/h2-5H,6-9H2,1H3,(H,14,15). The summed E-state index contributed by atoms with van der Waals surface area (Å²) < 4.78 is 9.69. The van der Waals surface area contributed by atoms with Gasteiger partial charge in [0.1, 0.15) is 6.61 Å². The number of hydrogen-bond donors (Lipinski definition) is 1. The number of carboxylic acid groups (broad SMARTS) is 1. The van der Waals surface area contributed by atoms with Gasteiger partial charge in [0.15, 0.2) is 0 Å². The molecule has 0 aromatic heterocycles. The molecule has 6 heteroatoms. The van der Waals surface area contributed by atoms with Crippen molar-refractivity contribution in [3.63, 3.8) is 0 Å². The van der Waals surface area contributed by atoms with Gasteiger partial charge in [-0.3, -0.25) is 9.59 Å². The third-order valence-electron chi connectivity index (χ3n) is 2.19. The van der Waals surface area contributed by atoms with E-state index in [0.29, 0.717) is 6.61 Å². The lowest BCUT2D eigenvalue weighted by Gasteiger charge is -2.04. The molecule has 0 heterocycles. The number of carbonyl (C=O) groups is 2. The van der Waals surface area contributed by atoms with Gasteiger partial charge in [-0.15, -0.1) is 11.8 Å². The molecule has 0 fully saturated rings. The van der Waals surface area contributed by atoms with Crippen LogP contribution in [0.4, 0.5) is 0 Å². The van der Waals surface area contributed by atoms with Crippen LogP contribution in [-0.4, -0.2) is 43.1 Å². The highest BCUT2D eigenvalue weighted by atomic mass is 32.2. The molecule has 1 rings (SSSR count). The first-order valence-corrected chi connectivity index (χ1v) is 6.68. The van der Waals surface area contributed by atoms with Crippen molar-refractivity contribution in [1.29, 1.82) is 0 Å². The van der Waals surface area contributed by atoms with Crippen LogP contribution in [-0.2, 0) is 25.5 Å². The van der Waals surface area contributed by atoms with E-state index in [-0.39, 0.29) is 24.7 Å². The van der Waals surface area contributed by atoms with Gasteiger partial charge in [0.05, 0.1) is 18.8 Å². The Balaban J connectivity index is 2.33. The molecular formula is C13H16O5S. The maximum Gasteiger partial charge on any atom is 0.316 e. The second kappa shape index (κ2) is 8.55. The largest absolute Gasteiger partial charge is 0.481 e. The first kappa shape index (κ1) is 15.5. The van der Waals surface area contributed by atoms with E-state index < -0.39 is 5.97 Å². The third kappa shape index (κ3) is 6.83. The first-order chi connectivity index (χ1) is 9.11. The van der Waals surface area contributed by atoms with Crippen molar-refractivity contribution >= 4 is 23.7 Å². The zero-order chi connectivity index (χ0) is 14.1. The van der Waals surface area contributed by atoms with Crippen molar-refractivity contribution in [2.24, 2.45) is 0 Å². The maximum atomic E-state index is 11.3. The predicted octanol–water partition coefficient (Wildman–Crippen LogP) is 1.60. The summed E-state index contributed by atoms with van der Waals surface area (Å²) in [6.45, 7) is 0.647. The van der Waals surface area contributed by atoms with Crippen molar-refractivity contribution in [3.05, 3.63) is 29.8 Å². The molecular weight excluding hydrogens is 268 g/mol. The number of esters is 1.